The summed E-state index contributed by atoms with van der Waals surface area (Å²) in [5.74, 6) is 2.55. The summed E-state index contributed by atoms with van der Waals surface area (Å²) in [7, 11) is 6.42. The monoisotopic (exact) mass is 1870 g/mol. The second-order valence-electron chi connectivity index (χ2n) is 32.9. The highest BCUT2D eigenvalue weighted by molar-refractivity contribution is 5.87. The molecule has 4 aliphatic rings. The number of rotatable bonds is 25. The first-order chi connectivity index (χ1) is 66.3. The minimum Gasteiger partial charge on any atom is -0.493 e. The van der Waals surface area contributed by atoms with Gasteiger partial charge in [-0.15, -0.1) is 12.4 Å². The lowest BCUT2D eigenvalue weighted by Crippen LogP contribution is -2.47. The number of carbonyl (C=O) groups excluding carboxylic acids is 2. The first-order valence-electron chi connectivity index (χ1n) is 44.9. The number of carbonyl (C=O) groups is 4. The average molecular weight is 1870 g/mol. The molecule has 28 nitrogen and oxygen atoms in total. The predicted octanol–water partition coefficient (Wildman–Crippen LogP) is 20.1. The van der Waals surface area contributed by atoms with E-state index < -0.39 is 30.1 Å². The molecule has 4 aromatic heterocycles. The van der Waals surface area contributed by atoms with Crippen molar-refractivity contribution in [3.63, 3.8) is 0 Å². The molecule has 4 atom stereocenters. The van der Waals surface area contributed by atoms with Crippen molar-refractivity contribution < 1.29 is 94.4 Å². The summed E-state index contributed by atoms with van der Waals surface area (Å²) in [6, 6.07) is 76.6. The summed E-state index contributed by atoms with van der Waals surface area (Å²) in [6.45, 7) is 15.4. The molecule has 8 heterocycles. The van der Waals surface area contributed by atoms with Crippen LogP contribution >= 0.6 is 12.4 Å². The van der Waals surface area contributed by atoms with E-state index in [0.717, 1.165) is 111 Å². The van der Waals surface area contributed by atoms with E-state index in [1.165, 1.54) is 6.39 Å². The number of anilines is 3. The molecular formula is C108H107ClN8O20. The number of esters is 2. The third-order valence-corrected chi connectivity index (χ3v) is 24.2. The van der Waals surface area contributed by atoms with Gasteiger partial charge in [-0.05, 0) is 157 Å². The van der Waals surface area contributed by atoms with Crippen molar-refractivity contribution in [1.29, 1.82) is 0 Å². The molecule has 0 saturated carbocycles. The van der Waals surface area contributed by atoms with Crippen LogP contribution in [0.3, 0.4) is 0 Å². The lowest BCUT2D eigenvalue weighted by Gasteiger charge is -2.35. The van der Waals surface area contributed by atoms with Crippen LogP contribution < -0.4 is 57.9 Å². The zero-order valence-electron chi connectivity index (χ0n) is 77.7. The molecule has 29 heteroatoms. The number of benzene rings is 12. The van der Waals surface area contributed by atoms with Gasteiger partial charge in [-0.2, -0.15) is 15.0 Å². The van der Waals surface area contributed by atoms with Crippen molar-refractivity contribution in [2.24, 2.45) is 0 Å². The van der Waals surface area contributed by atoms with Crippen LogP contribution in [-0.2, 0) is 107 Å². The van der Waals surface area contributed by atoms with Gasteiger partial charge in [0.05, 0.1) is 41.7 Å². The molecule has 16 aromatic rings. The molecular weight excluding hydrogens is 1760 g/mol. The number of nitrogens with one attached hydrogen (secondary N) is 1. The van der Waals surface area contributed by atoms with Crippen LogP contribution in [0.4, 0.5) is 18.0 Å². The zero-order chi connectivity index (χ0) is 94.9. The van der Waals surface area contributed by atoms with E-state index in [1.54, 1.807) is 45.2 Å². The number of aliphatic carboxylic acids is 2. The van der Waals surface area contributed by atoms with Gasteiger partial charge in [-0.25, -0.2) is 19.4 Å². The molecule has 0 amide bonds. The number of oxazole rings is 4. The quantitative estimate of drug-likeness (QED) is 0.0448. The number of methoxy groups -OCH3 is 4. The molecule has 0 aliphatic carbocycles. The highest BCUT2D eigenvalue weighted by Crippen LogP contribution is 2.46. The third-order valence-electron chi connectivity index (χ3n) is 24.2. The Morgan fingerprint density at radius 3 is 0.993 bits per heavy atom. The number of carboxylic acid groups (broad SMARTS) is 2. The fourth-order valence-electron chi connectivity index (χ4n) is 17.1. The summed E-state index contributed by atoms with van der Waals surface area (Å²) < 4.78 is 80.8. The van der Waals surface area contributed by atoms with Gasteiger partial charge in [0.2, 0.25) is 0 Å². The van der Waals surface area contributed by atoms with E-state index in [9.17, 15) is 29.4 Å². The minimum atomic E-state index is -0.948. The Kier molecular flexibility index (Phi) is 31.2. The van der Waals surface area contributed by atoms with Gasteiger partial charge in [0.15, 0.2) is 74.7 Å². The lowest BCUT2D eigenvalue weighted by atomic mass is 9.92. The van der Waals surface area contributed by atoms with Crippen molar-refractivity contribution in [1.82, 2.24) is 25.3 Å². The first-order valence-corrected chi connectivity index (χ1v) is 44.9. The van der Waals surface area contributed by atoms with Gasteiger partial charge in [-0.3, -0.25) is 4.79 Å². The number of ether oxygens (including phenoxy) is 10. The molecule has 4 aliphatic heterocycles. The number of halogens is 1. The van der Waals surface area contributed by atoms with E-state index >= 15 is 0 Å². The standard InChI is InChI=1S/C28H28N2O5.2C26H24N2O5.C20H23NO4.C8H7NO.ClH/c1-4-33-27(31)23-15-21-20(16-30(23)28-29-22-12-8-9-18(2)25(22)35-28)13-14-24(32-3)26(21)34-17-19-10-6-5-7-11-19;2*1-16-7-6-10-20-23(16)33-26(27-20)28-14-18-11-12-22(31-2)24(19(18)13-21(28)25(29)30)32-15-17-8-4-3-5-9-17;1-3-24-20(22)17-11-16-15(12-21-17)9-10-18(23-2)19(16)25-13-14-7-5-4-6-8-14;1-6-3-2-4-7-8(6)10-5-9-7;/h5-14,23H,4,15-17H2,1-3H3;2*3-12,21H,13-15H2,1-2H3,(H,29,30);4-10,17,21H,3,11-13H2,1-2H3;2-5H,1H3;1H. The Balaban J connectivity index is 0.000000134. The summed E-state index contributed by atoms with van der Waals surface area (Å²) >= 11 is 0. The van der Waals surface area contributed by atoms with Gasteiger partial charge >= 0.3 is 23.9 Å². The van der Waals surface area contributed by atoms with Crippen LogP contribution in [0, 0.1) is 27.7 Å². The number of hydrogen-bond acceptors (Lipinski definition) is 26. The Morgan fingerprint density at radius 1 is 0.365 bits per heavy atom. The fraction of sp³-hybridized carbons (Fsp3) is 0.259. The number of fused-ring (bicyclic) bond motifs is 8. The zero-order valence-corrected chi connectivity index (χ0v) is 78.5. The number of aryl methyl sites for hydroxylation is 4. The number of hydrogen-bond donors (Lipinski definition) is 3. The summed E-state index contributed by atoms with van der Waals surface area (Å²) in [6.07, 6.45) is 2.85. The van der Waals surface area contributed by atoms with Crippen LogP contribution in [0.15, 0.2) is 267 Å². The summed E-state index contributed by atoms with van der Waals surface area (Å²) in [5, 5.41) is 23.4. The maximum atomic E-state index is 13.1. The van der Waals surface area contributed by atoms with Crippen LogP contribution in [0.5, 0.6) is 46.0 Å². The second-order valence-corrected chi connectivity index (χ2v) is 32.9. The average Bonchev–Trinajstić information content (AvgIpc) is 1.54. The third kappa shape index (κ3) is 22.0. The van der Waals surface area contributed by atoms with Gasteiger partial charge in [0.1, 0.15) is 72.7 Å². The topological polar surface area (TPSA) is 327 Å². The molecule has 3 N–H and O–H groups in total. The predicted molar refractivity (Wildman–Crippen MR) is 521 cm³/mol. The van der Waals surface area contributed by atoms with Crippen molar-refractivity contribution in [2.75, 3.05) is 56.4 Å². The molecule has 0 radical (unpaired) electrons. The smallest absolute Gasteiger partial charge is 0.329 e. The largest absolute Gasteiger partial charge is 0.493 e. The lowest BCUT2D eigenvalue weighted by molar-refractivity contribution is -0.146. The van der Waals surface area contributed by atoms with Gasteiger partial charge in [-0.1, -0.05) is 194 Å². The van der Waals surface area contributed by atoms with Crippen molar-refractivity contribution in [3.8, 4) is 46.0 Å². The molecule has 20 rings (SSSR count). The number of para-hydroxylation sites is 4. The number of carboxylic acids is 2. The van der Waals surface area contributed by atoms with Crippen LogP contribution in [0.2, 0.25) is 0 Å². The SMILES string of the molecule is CCOC(=O)C1Cc2c(ccc(OC)c2OCc2ccccc2)CN1.CCOC(=O)C1Cc2c(ccc(OC)c2OCc2ccccc2)CN1c1nc2cccc(C)c2o1.COc1ccc2c(c1OCc1ccccc1)CC(C(=O)O)N(c1nc3cccc(C)c3o1)C2.COc1ccc2c(c1OCc1ccccc1)CC(C(=O)O)N(c1nc3cccc(C)c3o1)C2.Cc1cccc2ncoc12.Cl. The Hall–Kier alpha value is -15.6. The van der Waals surface area contributed by atoms with Gasteiger partial charge < -0.3 is 95.3 Å². The van der Waals surface area contributed by atoms with E-state index in [4.69, 9.17) is 70.0 Å². The molecule has 4 unspecified atom stereocenters. The van der Waals surface area contributed by atoms with Gasteiger partial charge in [0.25, 0.3) is 18.0 Å². The Morgan fingerprint density at radius 2 is 0.672 bits per heavy atom. The fourth-order valence-corrected chi connectivity index (χ4v) is 17.1. The molecule has 0 fully saturated rings. The minimum absolute atomic E-state index is 0. The maximum Gasteiger partial charge on any atom is 0.329 e. The van der Waals surface area contributed by atoms with Crippen LogP contribution in [0.25, 0.3) is 44.4 Å². The van der Waals surface area contributed by atoms with Crippen molar-refractivity contribution >= 4 is 98.7 Å². The van der Waals surface area contributed by atoms with E-state index in [-0.39, 0.29) is 49.8 Å². The Labute approximate surface area is 798 Å². The van der Waals surface area contributed by atoms with E-state index in [1.807, 2.05) is 282 Å². The molecule has 137 heavy (non-hydrogen) atoms. The van der Waals surface area contributed by atoms with E-state index in [2.05, 4.69) is 20.3 Å². The number of nitrogens with zero attached hydrogens (tertiary/aromatic N) is 7. The highest BCUT2D eigenvalue weighted by Gasteiger charge is 2.42. The molecule has 706 valence electrons. The Bertz CT molecular complexity index is 6690. The highest BCUT2D eigenvalue weighted by atomic mass is 35.5. The second kappa shape index (κ2) is 44.5. The van der Waals surface area contributed by atoms with Crippen molar-refractivity contribution in [3.05, 3.63) is 338 Å². The summed E-state index contributed by atoms with van der Waals surface area (Å²) in [4.78, 5) is 72.9. The first kappa shape index (κ1) is 96.0. The number of aromatic nitrogens is 4. The summed E-state index contributed by atoms with van der Waals surface area (Å²) in [5.41, 5.74) is 21.9. The molecule has 0 saturated heterocycles. The van der Waals surface area contributed by atoms with Crippen LogP contribution in [-0.4, -0.2) is 120 Å². The van der Waals surface area contributed by atoms with Gasteiger partial charge in [0, 0.05) is 74.1 Å². The molecule has 0 spiro atoms. The van der Waals surface area contributed by atoms with Crippen molar-refractivity contribution in [2.45, 2.75) is 144 Å². The van der Waals surface area contributed by atoms with Crippen LogP contribution in [0.1, 0.15) is 103 Å². The maximum absolute atomic E-state index is 13.1. The molecule has 12 aromatic carbocycles. The van der Waals surface area contributed by atoms with E-state index in [0.29, 0.717) is 158 Å². The normalized spacial score (nSPS) is 14.9. The molecule has 0 bridgehead atoms.